The minimum Gasteiger partial charge on any atom is -0.478 e. The van der Waals surface area contributed by atoms with Gasteiger partial charge in [-0.25, -0.2) is 9.59 Å². The van der Waals surface area contributed by atoms with Gasteiger partial charge in [0.25, 0.3) is 0 Å². The van der Waals surface area contributed by atoms with Crippen molar-refractivity contribution in [1.82, 2.24) is 5.32 Å². The second kappa shape index (κ2) is 6.90. The first-order valence-electron chi connectivity index (χ1n) is 6.26. The van der Waals surface area contributed by atoms with Gasteiger partial charge in [-0.15, -0.1) is 0 Å². The number of carboxylic acids is 2. The standard InChI is InChI=1S/C14H12N2O5S/c17-11-5-6-15-14(16-11)22-10(13(20)21)7-8-1-3-9(4-2-8)12(18)19/h1-4,7H,5-6H2,(H,18,19)(H,20,21)(H,15,16,17). The number of nitrogens with one attached hydrogen (secondary N) is 1. The number of amidine groups is 1. The van der Waals surface area contributed by atoms with Crippen LogP contribution in [-0.2, 0) is 9.59 Å². The van der Waals surface area contributed by atoms with Gasteiger partial charge >= 0.3 is 11.9 Å². The summed E-state index contributed by atoms with van der Waals surface area (Å²) < 4.78 is 0. The molecule has 0 bridgehead atoms. The molecule has 22 heavy (non-hydrogen) atoms. The van der Waals surface area contributed by atoms with Crippen LogP contribution in [0.3, 0.4) is 0 Å². The second-order valence-electron chi connectivity index (χ2n) is 4.33. The number of nitrogens with zero attached hydrogens (tertiary/aromatic N) is 1. The molecule has 0 aromatic heterocycles. The summed E-state index contributed by atoms with van der Waals surface area (Å²) in [4.78, 5) is 37.3. The van der Waals surface area contributed by atoms with E-state index in [4.69, 9.17) is 5.11 Å². The van der Waals surface area contributed by atoms with Crippen LogP contribution < -0.4 is 5.32 Å². The van der Waals surface area contributed by atoms with Crippen LogP contribution in [0.1, 0.15) is 22.3 Å². The quantitative estimate of drug-likeness (QED) is 0.723. The Morgan fingerprint density at radius 2 is 1.91 bits per heavy atom. The number of aliphatic imine (C=N–C) groups is 1. The van der Waals surface area contributed by atoms with E-state index in [2.05, 4.69) is 10.3 Å². The first-order chi connectivity index (χ1) is 10.5. The summed E-state index contributed by atoms with van der Waals surface area (Å²) >= 11 is 0.846. The number of hydrogen-bond acceptors (Lipinski definition) is 5. The molecule has 8 heteroatoms. The van der Waals surface area contributed by atoms with Crippen LogP contribution in [0.5, 0.6) is 0 Å². The molecular formula is C14H12N2O5S. The lowest BCUT2D eigenvalue weighted by atomic mass is 10.1. The van der Waals surface area contributed by atoms with Crippen molar-refractivity contribution in [2.45, 2.75) is 6.42 Å². The molecule has 2 rings (SSSR count). The predicted molar refractivity (Wildman–Crippen MR) is 81.7 cm³/mol. The van der Waals surface area contributed by atoms with E-state index in [-0.39, 0.29) is 28.0 Å². The van der Waals surface area contributed by atoms with Gasteiger partial charge in [-0.3, -0.25) is 9.79 Å². The molecule has 0 atom stereocenters. The molecule has 7 nitrogen and oxygen atoms in total. The highest BCUT2D eigenvalue weighted by molar-refractivity contribution is 8.18. The Morgan fingerprint density at radius 3 is 2.45 bits per heavy atom. The molecule has 0 radical (unpaired) electrons. The molecule has 1 aliphatic heterocycles. The maximum Gasteiger partial charge on any atom is 0.342 e. The molecular weight excluding hydrogens is 308 g/mol. The Hall–Kier alpha value is -2.61. The third-order valence-electron chi connectivity index (χ3n) is 2.71. The largest absolute Gasteiger partial charge is 0.478 e. The molecule has 3 N–H and O–H groups in total. The lowest BCUT2D eigenvalue weighted by Crippen LogP contribution is -2.33. The van der Waals surface area contributed by atoms with E-state index in [1.54, 1.807) is 0 Å². The minimum absolute atomic E-state index is 0.0241. The lowest BCUT2D eigenvalue weighted by molar-refractivity contribution is -0.131. The van der Waals surface area contributed by atoms with Gasteiger partial charge in [0.2, 0.25) is 5.91 Å². The molecule has 0 fully saturated rings. The number of amides is 1. The minimum atomic E-state index is -1.16. The van der Waals surface area contributed by atoms with Gasteiger partial charge in [0.05, 0.1) is 12.1 Å². The van der Waals surface area contributed by atoms with Crippen LogP contribution in [0.4, 0.5) is 0 Å². The summed E-state index contributed by atoms with van der Waals surface area (Å²) in [5.74, 6) is -2.41. The number of rotatable bonds is 4. The monoisotopic (exact) mass is 320 g/mol. The van der Waals surface area contributed by atoms with E-state index < -0.39 is 11.9 Å². The smallest absolute Gasteiger partial charge is 0.342 e. The van der Waals surface area contributed by atoms with E-state index in [0.717, 1.165) is 11.8 Å². The molecule has 0 saturated carbocycles. The van der Waals surface area contributed by atoms with Gasteiger partial charge in [0.15, 0.2) is 5.17 Å². The molecule has 1 aromatic rings. The van der Waals surface area contributed by atoms with Gasteiger partial charge in [0, 0.05) is 6.42 Å². The zero-order valence-electron chi connectivity index (χ0n) is 11.3. The van der Waals surface area contributed by atoms with Gasteiger partial charge in [-0.05, 0) is 35.5 Å². The van der Waals surface area contributed by atoms with Crippen LogP contribution in [0.15, 0.2) is 34.2 Å². The van der Waals surface area contributed by atoms with Crippen molar-refractivity contribution in [3.8, 4) is 0 Å². The van der Waals surface area contributed by atoms with Crippen LogP contribution in [-0.4, -0.2) is 39.8 Å². The summed E-state index contributed by atoms with van der Waals surface area (Å²) in [6, 6.07) is 5.79. The van der Waals surface area contributed by atoms with Crippen molar-refractivity contribution < 1.29 is 24.6 Å². The molecule has 1 aromatic carbocycles. The van der Waals surface area contributed by atoms with E-state index >= 15 is 0 Å². The van der Waals surface area contributed by atoms with Crippen LogP contribution in [0, 0.1) is 0 Å². The zero-order valence-corrected chi connectivity index (χ0v) is 12.1. The zero-order chi connectivity index (χ0) is 16.1. The van der Waals surface area contributed by atoms with Crippen molar-refractivity contribution in [2.24, 2.45) is 4.99 Å². The Morgan fingerprint density at radius 1 is 1.23 bits per heavy atom. The van der Waals surface area contributed by atoms with Crippen molar-refractivity contribution in [3.63, 3.8) is 0 Å². The summed E-state index contributed by atoms with van der Waals surface area (Å²) in [6.07, 6.45) is 1.68. The van der Waals surface area contributed by atoms with Gasteiger partial charge < -0.3 is 15.5 Å². The molecule has 1 aliphatic rings. The van der Waals surface area contributed by atoms with Gasteiger partial charge in [-0.2, -0.15) is 0 Å². The first-order valence-corrected chi connectivity index (χ1v) is 7.08. The van der Waals surface area contributed by atoms with E-state index in [9.17, 15) is 19.5 Å². The average molecular weight is 320 g/mol. The van der Waals surface area contributed by atoms with E-state index in [1.165, 1.54) is 30.3 Å². The average Bonchev–Trinajstić information content (AvgIpc) is 2.47. The van der Waals surface area contributed by atoms with Crippen LogP contribution in [0.25, 0.3) is 6.08 Å². The highest BCUT2D eigenvalue weighted by Crippen LogP contribution is 2.22. The Balaban J connectivity index is 2.20. The fraction of sp³-hybridized carbons (Fsp3) is 0.143. The second-order valence-corrected chi connectivity index (χ2v) is 5.36. The normalized spacial score (nSPS) is 15.0. The van der Waals surface area contributed by atoms with Crippen molar-refractivity contribution in [3.05, 3.63) is 40.3 Å². The third kappa shape index (κ3) is 4.19. The molecule has 114 valence electrons. The number of hydrogen-bond donors (Lipinski definition) is 3. The maximum absolute atomic E-state index is 11.3. The summed E-state index contributed by atoms with van der Waals surface area (Å²) in [6.45, 7) is 0.328. The third-order valence-corrected chi connectivity index (χ3v) is 3.65. The maximum atomic E-state index is 11.3. The fourth-order valence-electron chi connectivity index (χ4n) is 1.65. The highest BCUT2D eigenvalue weighted by atomic mass is 32.2. The van der Waals surface area contributed by atoms with Gasteiger partial charge in [0.1, 0.15) is 4.91 Å². The molecule has 0 aliphatic carbocycles. The highest BCUT2D eigenvalue weighted by Gasteiger charge is 2.17. The van der Waals surface area contributed by atoms with E-state index in [0.29, 0.717) is 12.1 Å². The number of carbonyl (C=O) groups excluding carboxylic acids is 1. The van der Waals surface area contributed by atoms with Crippen molar-refractivity contribution >= 4 is 40.9 Å². The van der Waals surface area contributed by atoms with Gasteiger partial charge in [-0.1, -0.05) is 12.1 Å². The number of thioether (sulfide) groups is 1. The first kappa shape index (κ1) is 15.8. The summed E-state index contributed by atoms with van der Waals surface area (Å²) in [7, 11) is 0. The number of carbonyl (C=O) groups is 3. The number of benzene rings is 1. The number of carboxylic acid groups (broad SMARTS) is 2. The summed E-state index contributed by atoms with van der Waals surface area (Å²) in [5, 5.41) is 20.8. The molecule has 1 heterocycles. The lowest BCUT2D eigenvalue weighted by Gasteiger charge is -2.12. The number of aromatic carboxylic acids is 1. The molecule has 0 spiro atoms. The summed E-state index contributed by atoms with van der Waals surface area (Å²) in [5.41, 5.74) is 0.656. The fourth-order valence-corrected chi connectivity index (χ4v) is 2.46. The SMILES string of the molecule is O=C1CCN=C(SC(=Cc2ccc(C(=O)O)cc2)C(=O)O)N1. The van der Waals surface area contributed by atoms with Crippen LogP contribution in [0.2, 0.25) is 0 Å². The number of aliphatic carboxylic acids is 1. The topological polar surface area (TPSA) is 116 Å². The van der Waals surface area contributed by atoms with E-state index in [1.807, 2.05) is 0 Å². The molecule has 0 saturated heterocycles. The Labute approximate surface area is 129 Å². The molecule has 0 unspecified atom stereocenters. The Bertz CT molecular complexity index is 679. The molecule has 1 amide bonds. The van der Waals surface area contributed by atoms with Crippen LogP contribution >= 0.6 is 11.8 Å². The van der Waals surface area contributed by atoms with Crippen molar-refractivity contribution in [2.75, 3.05) is 6.54 Å². The Kier molecular flexibility index (Phi) is 4.95. The predicted octanol–water partition coefficient (Wildman–Crippen LogP) is 1.42. The van der Waals surface area contributed by atoms with Crippen molar-refractivity contribution in [1.29, 1.82) is 0 Å².